The molecule has 1 aliphatic heterocycles. The summed E-state index contributed by atoms with van der Waals surface area (Å²) in [7, 11) is 3.68. The molecule has 1 N–H and O–H groups in total. The zero-order valence-electron chi connectivity index (χ0n) is 18.7. The summed E-state index contributed by atoms with van der Waals surface area (Å²) in [5.41, 5.74) is 0.208. The summed E-state index contributed by atoms with van der Waals surface area (Å²) in [5, 5.41) is 3.39. The van der Waals surface area contributed by atoms with Gasteiger partial charge in [-0.1, -0.05) is 12.1 Å². The van der Waals surface area contributed by atoms with Gasteiger partial charge < -0.3 is 19.7 Å². The van der Waals surface area contributed by atoms with Gasteiger partial charge in [0.25, 0.3) is 0 Å². The van der Waals surface area contributed by atoms with Crippen LogP contribution in [0.5, 0.6) is 0 Å². The van der Waals surface area contributed by atoms with Gasteiger partial charge >= 0.3 is 6.18 Å². The van der Waals surface area contributed by atoms with Crippen LogP contribution in [0.1, 0.15) is 30.0 Å². The van der Waals surface area contributed by atoms with E-state index >= 15 is 0 Å². The number of rotatable bonds is 9. The van der Waals surface area contributed by atoms with E-state index in [4.69, 9.17) is 9.47 Å². The lowest BCUT2D eigenvalue weighted by Gasteiger charge is -2.35. The van der Waals surface area contributed by atoms with Crippen molar-refractivity contribution in [3.05, 3.63) is 35.4 Å². The van der Waals surface area contributed by atoms with Crippen molar-refractivity contribution in [1.82, 2.24) is 15.1 Å². The second kappa shape index (κ2) is 13.0. The molecule has 2 fully saturated rings. The Bertz CT molecular complexity index is 708. The number of guanidine groups is 1. The Morgan fingerprint density at radius 3 is 2.47 bits per heavy atom. The van der Waals surface area contributed by atoms with E-state index < -0.39 is 11.7 Å². The third-order valence-corrected chi connectivity index (χ3v) is 5.76. The molecule has 1 heterocycles. The van der Waals surface area contributed by atoms with Crippen molar-refractivity contribution >= 4 is 29.9 Å². The molecule has 6 nitrogen and oxygen atoms in total. The summed E-state index contributed by atoms with van der Waals surface area (Å²) in [6.07, 6.45) is -1.80. The minimum absolute atomic E-state index is 0. The van der Waals surface area contributed by atoms with Gasteiger partial charge in [-0.2, -0.15) is 13.2 Å². The van der Waals surface area contributed by atoms with E-state index in [-0.39, 0.29) is 30.0 Å². The number of likely N-dealkylation sites (N-methyl/N-ethyl adjacent to an activating group) is 1. The Hall–Kier alpha value is -1.11. The van der Waals surface area contributed by atoms with E-state index in [1.165, 1.54) is 12.8 Å². The number of ether oxygens (including phenoxy) is 2. The predicted molar refractivity (Wildman–Crippen MR) is 130 cm³/mol. The molecule has 1 unspecified atom stereocenters. The highest BCUT2D eigenvalue weighted by Crippen LogP contribution is 2.31. The molecule has 32 heavy (non-hydrogen) atoms. The Labute approximate surface area is 205 Å². The van der Waals surface area contributed by atoms with Gasteiger partial charge in [0, 0.05) is 46.9 Å². The predicted octanol–water partition coefficient (Wildman–Crippen LogP) is 3.63. The SMILES string of the molecule is CN=C(NCC(c1ccc(C(F)(F)F)cc1)N1CCOCC1)N(C)CCOCC1CC1.I. The zero-order valence-corrected chi connectivity index (χ0v) is 21.1. The fourth-order valence-corrected chi connectivity index (χ4v) is 3.66. The maximum Gasteiger partial charge on any atom is 0.416 e. The number of hydrogen-bond acceptors (Lipinski definition) is 4. The van der Waals surface area contributed by atoms with E-state index in [0.29, 0.717) is 26.4 Å². The number of hydrogen-bond donors (Lipinski definition) is 1. The van der Waals surface area contributed by atoms with E-state index in [1.807, 2.05) is 11.9 Å². The minimum Gasteiger partial charge on any atom is -0.379 e. The molecule has 1 saturated heterocycles. The van der Waals surface area contributed by atoms with Crippen LogP contribution in [0.3, 0.4) is 0 Å². The van der Waals surface area contributed by atoms with E-state index in [0.717, 1.165) is 55.8 Å². The number of nitrogens with zero attached hydrogens (tertiary/aromatic N) is 3. The second-order valence-electron chi connectivity index (χ2n) is 8.15. The van der Waals surface area contributed by atoms with Crippen LogP contribution in [0.25, 0.3) is 0 Å². The maximum atomic E-state index is 13.0. The fraction of sp³-hybridized carbons (Fsp3) is 0.682. The summed E-state index contributed by atoms with van der Waals surface area (Å²) in [4.78, 5) is 8.61. The lowest BCUT2D eigenvalue weighted by Crippen LogP contribution is -2.47. The topological polar surface area (TPSA) is 49.3 Å². The van der Waals surface area contributed by atoms with Crippen molar-refractivity contribution < 1.29 is 22.6 Å². The monoisotopic (exact) mass is 570 g/mol. The first-order valence-electron chi connectivity index (χ1n) is 10.9. The summed E-state index contributed by atoms with van der Waals surface area (Å²) in [6, 6.07) is 5.37. The number of morpholine rings is 1. The lowest BCUT2D eigenvalue weighted by molar-refractivity contribution is -0.137. The quantitative estimate of drug-likeness (QED) is 0.213. The number of benzene rings is 1. The van der Waals surface area contributed by atoms with Crippen molar-refractivity contribution in [2.24, 2.45) is 10.9 Å². The molecule has 1 aromatic carbocycles. The molecule has 10 heteroatoms. The van der Waals surface area contributed by atoms with Crippen molar-refractivity contribution in [3.63, 3.8) is 0 Å². The van der Waals surface area contributed by atoms with Gasteiger partial charge in [0.2, 0.25) is 0 Å². The first kappa shape index (κ1) is 27.1. The van der Waals surface area contributed by atoms with Gasteiger partial charge in [-0.3, -0.25) is 9.89 Å². The van der Waals surface area contributed by atoms with Gasteiger partial charge in [-0.25, -0.2) is 0 Å². The first-order valence-corrected chi connectivity index (χ1v) is 10.9. The van der Waals surface area contributed by atoms with Crippen LogP contribution in [0.2, 0.25) is 0 Å². The third-order valence-electron chi connectivity index (χ3n) is 5.76. The molecule has 3 rings (SSSR count). The smallest absolute Gasteiger partial charge is 0.379 e. The molecule has 0 spiro atoms. The molecule has 182 valence electrons. The Morgan fingerprint density at radius 2 is 1.91 bits per heavy atom. The van der Waals surface area contributed by atoms with Crippen molar-refractivity contribution in [2.75, 3.05) is 66.7 Å². The number of halogens is 4. The van der Waals surface area contributed by atoms with Crippen molar-refractivity contribution in [2.45, 2.75) is 25.1 Å². The Kier molecular flexibility index (Phi) is 11.0. The van der Waals surface area contributed by atoms with Gasteiger partial charge in [-0.15, -0.1) is 24.0 Å². The van der Waals surface area contributed by atoms with Crippen LogP contribution < -0.4 is 5.32 Å². The van der Waals surface area contributed by atoms with Crippen LogP contribution in [-0.4, -0.2) is 82.5 Å². The third kappa shape index (κ3) is 8.35. The average molecular weight is 570 g/mol. The Balaban J connectivity index is 0.00000363. The van der Waals surface area contributed by atoms with E-state index in [9.17, 15) is 13.2 Å². The molecule has 1 aliphatic carbocycles. The molecule has 0 amide bonds. The van der Waals surface area contributed by atoms with E-state index in [1.54, 1.807) is 19.2 Å². The molecule has 1 aromatic rings. The highest BCUT2D eigenvalue weighted by Gasteiger charge is 2.31. The molecule has 1 saturated carbocycles. The van der Waals surface area contributed by atoms with Crippen molar-refractivity contribution in [3.8, 4) is 0 Å². The van der Waals surface area contributed by atoms with Gasteiger partial charge in [0.05, 0.1) is 31.4 Å². The van der Waals surface area contributed by atoms with Gasteiger partial charge in [-0.05, 0) is 36.5 Å². The molecule has 0 radical (unpaired) electrons. The highest BCUT2D eigenvalue weighted by atomic mass is 127. The lowest BCUT2D eigenvalue weighted by atomic mass is 10.0. The maximum absolute atomic E-state index is 13.0. The van der Waals surface area contributed by atoms with Crippen LogP contribution in [-0.2, 0) is 15.7 Å². The van der Waals surface area contributed by atoms with Crippen LogP contribution in [0.15, 0.2) is 29.3 Å². The normalized spacial score (nSPS) is 18.7. The van der Waals surface area contributed by atoms with Gasteiger partial charge in [0.1, 0.15) is 0 Å². The van der Waals surface area contributed by atoms with Crippen LogP contribution >= 0.6 is 24.0 Å². The summed E-state index contributed by atoms with van der Waals surface area (Å²) < 4.78 is 50.1. The van der Waals surface area contributed by atoms with Gasteiger partial charge in [0.15, 0.2) is 5.96 Å². The molecule has 0 aromatic heterocycles. The molecule has 2 aliphatic rings. The molecular weight excluding hydrogens is 536 g/mol. The van der Waals surface area contributed by atoms with Crippen LogP contribution in [0.4, 0.5) is 13.2 Å². The molecule has 1 atom stereocenters. The number of aliphatic imine (C=N–C) groups is 1. The first-order chi connectivity index (χ1) is 14.9. The summed E-state index contributed by atoms with van der Waals surface area (Å²) in [5.74, 6) is 1.47. The largest absolute Gasteiger partial charge is 0.416 e. The number of alkyl halides is 3. The average Bonchev–Trinajstić information content (AvgIpc) is 3.59. The van der Waals surface area contributed by atoms with Crippen LogP contribution in [0, 0.1) is 5.92 Å². The second-order valence-corrected chi connectivity index (χ2v) is 8.15. The fourth-order valence-electron chi connectivity index (χ4n) is 3.66. The summed E-state index contributed by atoms with van der Waals surface area (Å²) >= 11 is 0. The standard InChI is InChI=1S/C22H33F3N4O2.HI/c1-26-21(28(2)9-12-31-16-17-3-4-17)27-15-20(29-10-13-30-14-11-29)18-5-7-19(8-6-18)22(23,24)25;/h5-8,17,20H,3-4,9-16H2,1-2H3,(H,26,27);1H. The zero-order chi connectivity index (χ0) is 22.3. The minimum atomic E-state index is -4.34. The van der Waals surface area contributed by atoms with Crippen molar-refractivity contribution in [1.29, 1.82) is 0 Å². The molecular formula is C22H34F3IN4O2. The number of nitrogens with one attached hydrogen (secondary N) is 1. The Morgan fingerprint density at radius 1 is 1.25 bits per heavy atom. The molecule has 0 bridgehead atoms. The van der Waals surface area contributed by atoms with E-state index in [2.05, 4.69) is 15.2 Å². The summed E-state index contributed by atoms with van der Waals surface area (Å²) in [6.45, 7) is 5.41. The highest BCUT2D eigenvalue weighted by molar-refractivity contribution is 14.0.